The lowest BCUT2D eigenvalue weighted by Gasteiger charge is -2.26. The minimum Gasteiger partial charge on any atom is -0.495 e. The Hall–Kier alpha value is -2.62. The van der Waals surface area contributed by atoms with Gasteiger partial charge in [0, 0.05) is 5.56 Å². The molecule has 0 amide bonds. The van der Waals surface area contributed by atoms with Crippen LogP contribution in [0.25, 0.3) is 0 Å². The van der Waals surface area contributed by atoms with Crippen molar-refractivity contribution in [1.29, 1.82) is 0 Å². The van der Waals surface area contributed by atoms with Gasteiger partial charge in [0.2, 0.25) is 0 Å². The van der Waals surface area contributed by atoms with E-state index in [1.54, 1.807) is 0 Å². The van der Waals surface area contributed by atoms with Crippen molar-refractivity contribution < 1.29 is 42.4 Å². The Kier molecular flexibility index (Phi) is 8.93. The molecule has 0 saturated carbocycles. The molecule has 0 radical (unpaired) electrons. The highest BCUT2D eigenvalue weighted by Gasteiger charge is 2.39. The monoisotopic (exact) mass is 560 g/mol. The van der Waals surface area contributed by atoms with Gasteiger partial charge in [-0.25, -0.2) is 13.6 Å². The molecular formula is C26H28Cl2F2O7. The predicted molar refractivity (Wildman–Crippen MR) is 133 cm³/mol. The van der Waals surface area contributed by atoms with Crippen molar-refractivity contribution in [3.63, 3.8) is 0 Å². The van der Waals surface area contributed by atoms with Gasteiger partial charge in [0.05, 0.1) is 28.8 Å². The van der Waals surface area contributed by atoms with E-state index >= 15 is 0 Å². The Morgan fingerprint density at radius 3 is 2.41 bits per heavy atom. The number of cyclic esters (lactones) is 1. The maximum absolute atomic E-state index is 13.5. The van der Waals surface area contributed by atoms with Gasteiger partial charge in [-0.05, 0) is 43.9 Å². The number of rotatable bonds is 8. The number of alkyl halides is 2. The highest BCUT2D eigenvalue weighted by Crippen LogP contribution is 2.50. The van der Waals surface area contributed by atoms with Crippen molar-refractivity contribution in [2.24, 2.45) is 11.3 Å². The van der Waals surface area contributed by atoms with Crippen molar-refractivity contribution in [3.8, 4) is 23.0 Å². The summed E-state index contributed by atoms with van der Waals surface area (Å²) in [5.74, 6) is -2.37. The van der Waals surface area contributed by atoms with Crippen LogP contribution in [0, 0.1) is 18.3 Å². The number of aliphatic hydroxyl groups is 1. The molecule has 0 spiro atoms. The molecule has 0 bridgehead atoms. The molecule has 1 aliphatic rings. The van der Waals surface area contributed by atoms with Crippen LogP contribution in [-0.2, 0) is 16.1 Å². The molecule has 0 saturated heterocycles. The summed E-state index contributed by atoms with van der Waals surface area (Å²) >= 11 is 12.9. The van der Waals surface area contributed by atoms with E-state index in [0.717, 1.165) is 6.92 Å². The van der Waals surface area contributed by atoms with Crippen molar-refractivity contribution >= 4 is 35.1 Å². The van der Waals surface area contributed by atoms with E-state index in [1.165, 1.54) is 26.2 Å². The molecule has 37 heavy (non-hydrogen) atoms. The summed E-state index contributed by atoms with van der Waals surface area (Å²) in [5.41, 5.74) is -1.42. The molecule has 2 aromatic carbocycles. The normalized spacial score (nSPS) is 14.1. The van der Waals surface area contributed by atoms with Gasteiger partial charge >= 0.3 is 11.9 Å². The van der Waals surface area contributed by atoms with Gasteiger partial charge in [-0.15, -0.1) is 0 Å². The summed E-state index contributed by atoms with van der Waals surface area (Å²) in [5, 5.41) is 10.7. The highest BCUT2D eigenvalue weighted by molar-refractivity contribution is 6.38. The van der Waals surface area contributed by atoms with E-state index in [1.807, 2.05) is 13.8 Å². The van der Waals surface area contributed by atoms with E-state index in [4.69, 9.17) is 42.1 Å². The Morgan fingerprint density at radius 1 is 1.19 bits per heavy atom. The first-order chi connectivity index (χ1) is 17.4. The standard InChI is InChI=1S/C26H28Cl2F2O7/c1-12(2)8-16(31)14-6-7-17-18(21(14)34-5)24(32)35-9-15-19(27)13(3)20(28)23(22(15)36-17)37-25(33)26(4,10-29)11-30/h6-7,12,16,31H,8-11H2,1-5H3/t16-/m0/s1. The minimum atomic E-state index is -2.07. The minimum absolute atomic E-state index is 0.0457. The maximum atomic E-state index is 13.5. The molecule has 3 rings (SSSR count). The van der Waals surface area contributed by atoms with E-state index in [0.29, 0.717) is 12.0 Å². The Balaban J connectivity index is 2.22. The van der Waals surface area contributed by atoms with Crippen LogP contribution in [0.2, 0.25) is 10.0 Å². The van der Waals surface area contributed by atoms with Crippen LogP contribution < -0.4 is 14.2 Å². The number of fused-ring (bicyclic) bond motifs is 2. The number of carbonyl (C=O) groups is 2. The fraction of sp³-hybridized carbons (Fsp3) is 0.462. The number of benzene rings is 2. The van der Waals surface area contributed by atoms with Gasteiger partial charge in [0.1, 0.15) is 42.4 Å². The summed E-state index contributed by atoms with van der Waals surface area (Å²) in [4.78, 5) is 25.8. The molecular weight excluding hydrogens is 533 g/mol. The number of hydrogen-bond acceptors (Lipinski definition) is 7. The zero-order chi connectivity index (χ0) is 27.7. The van der Waals surface area contributed by atoms with Crippen LogP contribution in [0.4, 0.5) is 8.78 Å². The van der Waals surface area contributed by atoms with Gasteiger partial charge in [-0.2, -0.15) is 0 Å². The number of hydrogen-bond donors (Lipinski definition) is 1. The van der Waals surface area contributed by atoms with Crippen molar-refractivity contribution in [2.75, 3.05) is 20.5 Å². The second-order valence-electron chi connectivity index (χ2n) is 9.49. The maximum Gasteiger partial charge on any atom is 0.346 e. The van der Waals surface area contributed by atoms with Crippen LogP contribution in [0.15, 0.2) is 12.1 Å². The summed E-state index contributed by atoms with van der Waals surface area (Å²) in [6, 6.07) is 2.96. The zero-order valence-electron chi connectivity index (χ0n) is 21.0. The number of aliphatic hydroxyl groups excluding tert-OH is 1. The fourth-order valence-electron chi connectivity index (χ4n) is 3.75. The Labute approximate surface area is 223 Å². The van der Waals surface area contributed by atoms with Crippen molar-refractivity contribution in [1.82, 2.24) is 0 Å². The lowest BCUT2D eigenvalue weighted by molar-refractivity contribution is -0.147. The molecule has 7 nitrogen and oxygen atoms in total. The van der Waals surface area contributed by atoms with Crippen LogP contribution in [-0.4, -0.2) is 37.5 Å². The average molecular weight is 561 g/mol. The first kappa shape index (κ1) is 28.9. The molecule has 0 aliphatic carbocycles. The first-order valence-corrected chi connectivity index (χ1v) is 12.2. The Bertz CT molecular complexity index is 1210. The molecule has 1 heterocycles. The number of ether oxygens (including phenoxy) is 4. The van der Waals surface area contributed by atoms with Gasteiger partial charge in [-0.3, -0.25) is 4.79 Å². The molecule has 0 fully saturated rings. The molecule has 0 aromatic heterocycles. The first-order valence-electron chi connectivity index (χ1n) is 11.5. The largest absolute Gasteiger partial charge is 0.495 e. The molecule has 202 valence electrons. The van der Waals surface area contributed by atoms with E-state index in [2.05, 4.69) is 0 Å². The molecule has 2 aromatic rings. The number of carbonyl (C=O) groups excluding carboxylic acids is 2. The highest BCUT2D eigenvalue weighted by atomic mass is 35.5. The molecule has 1 atom stereocenters. The van der Waals surface area contributed by atoms with Crippen LogP contribution in [0.5, 0.6) is 23.0 Å². The zero-order valence-corrected chi connectivity index (χ0v) is 22.6. The summed E-state index contributed by atoms with van der Waals surface area (Å²) in [6.45, 7) is 3.46. The van der Waals surface area contributed by atoms with Crippen molar-refractivity contribution in [3.05, 3.63) is 44.4 Å². The quantitative estimate of drug-likeness (QED) is 0.283. The summed E-state index contributed by atoms with van der Waals surface area (Å²) in [6.07, 6.45) is -0.534. The van der Waals surface area contributed by atoms with Crippen LogP contribution in [0.3, 0.4) is 0 Å². The number of halogens is 4. The SMILES string of the molecule is COc1c([C@@H](O)CC(C)C)ccc2c1C(=O)OCc1c(Cl)c(C)c(Cl)c(OC(=O)C(C)(CF)CF)c1O2. The third-order valence-corrected chi connectivity index (χ3v) is 7.02. The summed E-state index contributed by atoms with van der Waals surface area (Å²) < 4.78 is 49.3. The van der Waals surface area contributed by atoms with Gasteiger partial charge in [-0.1, -0.05) is 37.0 Å². The van der Waals surface area contributed by atoms with E-state index < -0.39 is 43.4 Å². The molecule has 0 unspecified atom stereocenters. The predicted octanol–water partition coefficient (Wildman–Crippen LogP) is 6.70. The smallest absolute Gasteiger partial charge is 0.346 e. The number of esters is 2. The van der Waals surface area contributed by atoms with Crippen LogP contribution >= 0.6 is 23.2 Å². The third-order valence-electron chi connectivity index (χ3n) is 6.05. The Morgan fingerprint density at radius 2 is 1.84 bits per heavy atom. The lowest BCUT2D eigenvalue weighted by atomic mass is 9.95. The second-order valence-corrected chi connectivity index (χ2v) is 10.2. The molecule has 1 aliphatic heterocycles. The second kappa shape index (κ2) is 11.4. The van der Waals surface area contributed by atoms with Gasteiger partial charge in [0.15, 0.2) is 11.5 Å². The van der Waals surface area contributed by atoms with E-state index in [9.17, 15) is 23.5 Å². The third kappa shape index (κ3) is 5.49. The average Bonchev–Trinajstić information content (AvgIpc) is 2.86. The van der Waals surface area contributed by atoms with Gasteiger partial charge in [0.25, 0.3) is 0 Å². The van der Waals surface area contributed by atoms with Gasteiger partial charge < -0.3 is 24.1 Å². The van der Waals surface area contributed by atoms with Crippen LogP contribution in [0.1, 0.15) is 60.3 Å². The number of methoxy groups -OCH3 is 1. The fourth-order valence-corrected chi connectivity index (χ4v) is 4.25. The summed E-state index contributed by atoms with van der Waals surface area (Å²) in [7, 11) is 1.33. The molecule has 11 heteroatoms. The molecule has 1 N–H and O–H groups in total. The van der Waals surface area contributed by atoms with Crippen molar-refractivity contribution in [2.45, 2.75) is 46.8 Å². The van der Waals surface area contributed by atoms with E-state index in [-0.39, 0.29) is 55.7 Å². The topological polar surface area (TPSA) is 91.3 Å². The lowest BCUT2D eigenvalue weighted by Crippen LogP contribution is -2.36.